The van der Waals surface area contributed by atoms with Crippen molar-refractivity contribution in [3.8, 4) is 0 Å². The zero-order valence-corrected chi connectivity index (χ0v) is 21.6. The van der Waals surface area contributed by atoms with Gasteiger partial charge in [0.1, 0.15) is 11.6 Å². The zero-order valence-electron chi connectivity index (χ0n) is 21.6. The van der Waals surface area contributed by atoms with E-state index in [0.29, 0.717) is 59.5 Å². The fourth-order valence-corrected chi connectivity index (χ4v) is 4.51. The number of aromatic nitrogens is 6. The van der Waals surface area contributed by atoms with Gasteiger partial charge in [-0.25, -0.2) is 20.4 Å². The number of hydrogen-bond donors (Lipinski definition) is 3. The number of anilines is 2. The Hall–Kier alpha value is -4.63. The minimum atomic E-state index is -0.528. The van der Waals surface area contributed by atoms with Crippen molar-refractivity contribution in [1.29, 1.82) is 0 Å². The molecule has 0 bridgehead atoms. The SMILES string of the molecule is CC(C)(C)c1nc(N2CCC(O)C2)c2nn(Cc3cccnc3NC3=CC=C([N+](=O)[O-])N4ONC=C34)nc2n1. The molecule has 1 fully saturated rings. The summed E-state index contributed by atoms with van der Waals surface area (Å²) in [6, 6.07) is 3.70. The highest BCUT2D eigenvalue weighted by Crippen LogP contribution is 2.31. The van der Waals surface area contributed by atoms with E-state index >= 15 is 0 Å². The summed E-state index contributed by atoms with van der Waals surface area (Å²) < 4.78 is 0. The highest BCUT2D eigenvalue weighted by molar-refractivity contribution is 5.82. The first kappa shape index (κ1) is 24.7. The summed E-state index contributed by atoms with van der Waals surface area (Å²) in [7, 11) is 0. The monoisotopic (exact) mass is 533 g/mol. The molecular formula is C24H27N11O4. The fraction of sp³-hybridized carbons (Fsp3) is 0.375. The van der Waals surface area contributed by atoms with Crippen LogP contribution in [0.4, 0.5) is 11.6 Å². The molecule has 0 aliphatic carbocycles. The van der Waals surface area contributed by atoms with Gasteiger partial charge < -0.3 is 25.4 Å². The lowest BCUT2D eigenvalue weighted by molar-refractivity contribution is -0.465. The van der Waals surface area contributed by atoms with Crippen molar-refractivity contribution in [3.63, 3.8) is 0 Å². The van der Waals surface area contributed by atoms with Crippen LogP contribution in [0.3, 0.4) is 0 Å². The van der Waals surface area contributed by atoms with Crippen LogP contribution in [0.1, 0.15) is 38.6 Å². The van der Waals surface area contributed by atoms with E-state index in [1.165, 1.54) is 12.3 Å². The van der Waals surface area contributed by atoms with Crippen molar-refractivity contribution < 1.29 is 15.0 Å². The number of aliphatic hydroxyl groups is 1. The number of allylic oxidation sites excluding steroid dienone is 2. The predicted molar refractivity (Wildman–Crippen MR) is 139 cm³/mol. The molecule has 202 valence electrons. The van der Waals surface area contributed by atoms with Crippen LogP contribution in [0.2, 0.25) is 0 Å². The Morgan fingerprint density at radius 2 is 2.13 bits per heavy atom. The van der Waals surface area contributed by atoms with E-state index in [2.05, 4.69) is 20.9 Å². The van der Waals surface area contributed by atoms with E-state index in [4.69, 9.17) is 20.0 Å². The standard InChI is InChI=1S/C24H27N11O4/c1-24(2,3)23-28-21-19(22(29-23)32-10-8-15(36)13-32)30-33(31-21)12-14-5-4-9-25-20(14)27-16-6-7-18(35(37)38)34-17(16)11-26-39-34/h4-7,9,11,15,26,36H,8,10,12-13H2,1-3H3,(H,25,27). The van der Waals surface area contributed by atoms with E-state index < -0.39 is 11.0 Å². The van der Waals surface area contributed by atoms with Gasteiger partial charge in [0.2, 0.25) is 11.3 Å². The number of aliphatic hydroxyl groups excluding tert-OH is 1. The maximum atomic E-state index is 11.4. The average Bonchev–Trinajstić information content (AvgIpc) is 3.63. The maximum absolute atomic E-state index is 11.4. The molecule has 0 aromatic carbocycles. The third kappa shape index (κ3) is 4.61. The van der Waals surface area contributed by atoms with Gasteiger partial charge in [0.05, 0.1) is 24.5 Å². The molecule has 3 aliphatic heterocycles. The maximum Gasteiger partial charge on any atom is 0.355 e. The van der Waals surface area contributed by atoms with Crippen LogP contribution in [0.25, 0.3) is 11.2 Å². The third-order valence-electron chi connectivity index (χ3n) is 6.49. The molecule has 3 aromatic heterocycles. The number of β-amino-alcohol motifs (C(OH)–C–C–N with tert-alkyl or cyclic N) is 1. The normalized spacial score (nSPS) is 19.0. The van der Waals surface area contributed by atoms with Crippen LogP contribution in [0.15, 0.2) is 53.9 Å². The molecule has 6 heterocycles. The number of nitrogens with one attached hydrogen (secondary N) is 2. The highest BCUT2D eigenvalue weighted by Gasteiger charge is 2.37. The summed E-state index contributed by atoms with van der Waals surface area (Å²) >= 11 is 0. The molecule has 39 heavy (non-hydrogen) atoms. The lowest BCUT2D eigenvalue weighted by atomic mass is 9.96. The fourth-order valence-electron chi connectivity index (χ4n) is 4.51. The molecule has 0 amide bonds. The highest BCUT2D eigenvalue weighted by atomic mass is 16.8. The van der Waals surface area contributed by atoms with Crippen molar-refractivity contribution in [2.24, 2.45) is 0 Å². The van der Waals surface area contributed by atoms with E-state index in [9.17, 15) is 15.2 Å². The number of pyridine rings is 1. The largest absolute Gasteiger partial charge is 0.391 e. The molecule has 6 rings (SSSR count). The molecule has 1 atom stereocenters. The number of hydroxylamine groups is 3. The van der Waals surface area contributed by atoms with Gasteiger partial charge in [-0.1, -0.05) is 31.8 Å². The van der Waals surface area contributed by atoms with Gasteiger partial charge in [0.25, 0.3) is 0 Å². The smallest absolute Gasteiger partial charge is 0.355 e. The minimum absolute atomic E-state index is 0.220. The zero-order chi connectivity index (χ0) is 27.3. The quantitative estimate of drug-likeness (QED) is 0.308. The van der Waals surface area contributed by atoms with Crippen LogP contribution >= 0.6 is 0 Å². The third-order valence-corrected chi connectivity index (χ3v) is 6.49. The van der Waals surface area contributed by atoms with Crippen LogP contribution in [0, 0.1) is 10.1 Å². The molecule has 3 aromatic rings. The van der Waals surface area contributed by atoms with Crippen molar-refractivity contribution >= 4 is 22.8 Å². The van der Waals surface area contributed by atoms with Gasteiger partial charge in [0.15, 0.2) is 11.3 Å². The number of nitro groups is 1. The second-order valence-electron chi connectivity index (χ2n) is 10.4. The molecule has 0 radical (unpaired) electrons. The molecule has 15 heteroatoms. The second kappa shape index (κ2) is 9.28. The number of rotatable bonds is 6. The molecule has 3 aliphatic rings. The van der Waals surface area contributed by atoms with E-state index in [1.807, 2.05) is 37.8 Å². The van der Waals surface area contributed by atoms with Crippen molar-refractivity contribution in [2.75, 3.05) is 23.3 Å². The lowest BCUT2D eigenvalue weighted by Crippen LogP contribution is -2.29. The lowest BCUT2D eigenvalue weighted by Gasteiger charge is -2.21. The summed E-state index contributed by atoms with van der Waals surface area (Å²) in [6.45, 7) is 7.56. The van der Waals surface area contributed by atoms with Crippen LogP contribution in [-0.2, 0) is 16.9 Å². The first-order valence-electron chi connectivity index (χ1n) is 12.4. The van der Waals surface area contributed by atoms with E-state index in [0.717, 1.165) is 10.6 Å². The van der Waals surface area contributed by atoms with Crippen molar-refractivity contribution in [2.45, 2.75) is 45.3 Å². The average molecular weight is 534 g/mol. The van der Waals surface area contributed by atoms with Gasteiger partial charge in [0, 0.05) is 36.3 Å². The van der Waals surface area contributed by atoms with E-state index in [-0.39, 0.29) is 17.8 Å². The molecular weight excluding hydrogens is 506 g/mol. The first-order valence-corrected chi connectivity index (χ1v) is 12.4. The summed E-state index contributed by atoms with van der Waals surface area (Å²) in [5.41, 5.74) is 5.06. The first-order chi connectivity index (χ1) is 18.7. The van der Waals surface area contributed by atoms with Gasteiger partial charge in [-0.3, -0.25) is 0 Å². The Kier molecular flexibility index (Phi) is 5.88. The molecule has 0 spiro atoms. The van der Waals surface area contributed by atoms with E-state index in [1.54, 1.807) is 17.1 Å². The van der Waals surface area contributed by atoms with Gasteiger partial charge in [-0.05, 0) is 28.5 Å². The number of nitrogens with zero attached hydrogens (tertiary/aromatic N) is 9. The Morgan fingerprint density at radius 1 is 1.28 bits per heavy atom. The summed E-state index contributed by atoms with van der Waals surface area (Å²) in [5.74, 6) is 1.63. The Labute approximate surface area is 222 Å². The van der Waals surface area contributed by atoms with Gasteiger partial charge in [-0.2, -0.15) is 4.80 Å². The van der Waals surface area contributed by atoms with Crippen LogP contribution < -0.4 is 15.7 Å². The summed E-state index contributed by atoms with van der Waals surface area (Å²) in [5, 5.41) is 35.2. The van der Waals surface area contributed by atoms with Crippen molar-refractivity contribution in [1.82, 2.24) is 40.5 Å². The van der Waals surface area contributed by atoms with Crippen LogP contribution in [0.5, 0.6) is 0 Å². The van der Waals surface area contributed by atoms with Gasteiger partial charge >= 0.3 is 5.82 Å². The topological polar surface area (TPSA) is 173 Å². The number of fused-ring (bicyclic) bond motifs is 2. The second-order valence-corrected chi connectivity index (χ2v) is 10.4. The minimum Gasteiger partial charge on any atom is -0.391 e. The summed E-state index contributed by atoms with van der Waals surface area (Å²) in [4.78, 5) is 33.6. The Morgan fingerprint density at radius 3 is 2.87 bits per heavy atom. The molecule has 1 saturated heterocycles. The Bertz CT molecular complexity index is 1560. The number of hydrogen-bond acceptors (Lipinski definition) is 13. The van der Waals surface area contributed by atoms with Gasteiger partial charge in [-0.15, -0.1) is 10.2 Å². The predicted octanol–water partition coefficient (Wildman–Crippen LogP) is 1.55. The van der Waals surface area contributed by atoms with Crippen LogP contribution in [-0.4, -0.2) is 64.2 Å². The Balaban J connectivity index is 1.33. The molecule has 0 saturated carbocycles. The summed E-state index contributed by atoms with van der Waals surface area (Å²) in [6.07, 6.45) is 6.35. The van der Waals surface area contributed by atoms with Crippen molar-refractivity contribution in [3.05, 3.63) is 75.4 Å². The molecule has 3 N–H and O–H groups in total. The molecule has 15 nitrogen and oxygen atoms in total. The molecule has 1 unspecified atom stereocenters.